The van der Waals surface area contributed by atoms with Gasteiger partial charge in [0.2, 0.25) is 11.9 Å². The number of guanidine groups is 1. The average Bonchev–Trinajstić information content (AvgIpc) is 2.83. The van der Waals surface area contributed by atoms with Gasteiger partial charge in [0.25, 0.3) is 0 Å². The number of hydrogen-bond acceptors (Lipinski definition) is 5. The fraction of sp³-hybridized carbons (Fsp3) is 0.739. The first-order valence-corrected chi connectivity index (χ1v) is 11.9. The summed E-state index contributed by atoms with van der Waals surface area (Å²) in [6, 6.07) is 2.20. The highest BCUT2D eigenvalue weighted by molar-refractivity contribution is 14.0. The van der Waals surface area contributed by atoms with Crippen molar-refractivity contribution < 1.29 is 4.79 Å². The largest absolute Gasteiger partial charge is 0.356 e. The number of rotatable bonds is 8. The van der Waals surface area contributed by atoms with Crippen LogP contribution in [0.4, 0.5) is 5.95 Å². The average molecular weight is 558 g/mol. The minimum atomic E-state index is 0. The SMILES string of the molecule is CN=C(NCCC(=O)N1CCN(c2ncccn2)CC1)NC(C)CCC1CCCCC1.I. The molecule has 1 aromatic heterocycles. The van der Waals surface area contributed by atoms with Crippen molar-refractivity contribution in [3.8, 4) is 0 Å². The van der Waals surface area contributed by atoms with E-state index in [0.29, 0.717) is 32.1 Å². The summed E-state index contributed by atoms with van der Waals surface area (Å²) in [5, 5.41) is 6.78. The summed E-state index contributed by atoms with van der Waals surface area (Å²) in [6.45, 7) is 5.77. The number of piperazine rings is 1. The molecule has 2 fully saturated rings. The molecule has 2 heterocycles. The Morgan fingerprint density at radius 3 is 2.50 bits per heavy atom. The standard InChI is InChI=1S/C23H39N7O.HI/c1-19(9-10-20-7-4-3-5-8-20)28-22(24-2)25-14-11-21(31)29-15-17-30(18-16-29)23-26-12-6-13-27-23;/h6,12-13,19-20H,3-5,7-11,14-18H2,1-2H3,(H2,24,25,28);1H. The third-order valence-electron chi connectivity index (χ3n) is 6.44. The van der Waals surface area contributed by atoms with Gasteiger partial charge >= 0.3 is 0 Å². The van der Waals surface area contributed by atoms with Gasteiger partial charge in [-0.15, -0.1) is 24.0 Å². The molecule has 0 aromatic carbocycles. The van der Waals surface area contributed by atoms with Gasteiger partial charge in [0.1, 0.15) is 0 Å². The highest BCUT2D eigenvalue weighted by Gasteiger charge is 2.22. The molecule has 1 saturated heterocycles. The lowest BCUT2D eigenvalue weighted by Crippen LogP contribution is -2.50. The zero-order valence-electron chi connectivity index (χ0n) is 19.6. The molecule has 1 unspecified atom stereocenters. The smallest absolute Gasteiger partial charge is 0.225 e. The van der Waals surface area contributed by atoms with Crippen LogP contribution in [-0.4, -0.2) is 72.5 Å². The monoisotopic (exact) mass is 557 g/mol. The maximum Gasteiger partial charge on any atom is 0.225 e. The molecule has 32 heavy (non-hydrogen) atoms. The van der Waals surface area contributed by atoms with Gasteiger partial charge in [-0.3, -0.25) is 9.79 Å². The van der Waals surface area contributed by atoms with Crippen molar-refractivity contribution in [1.29, 1.82) is 0 Å². The van der Waals surface area contributed by atoms with Crippen LogP contribution < -0.4 is 15.5 Å². The van der Waals surface area contributed by atoms with Crippen molar-refractivity contribution in [1.82, 2.24) is 25.5 Å². The molecule has 1 aromatic rings. The molecule has 2 aliphatic rings. The Morgan fingerprint density at radius 2 is 1.84 bits per heavy atom. The first-order chi connectivity index (χ1) is 15.2. The number of carbonyl (C=O) groups excluding carboxylic acids is 1. The highest BCUT2D eigenvalue weighted by atomic mass is 127. The number of hydrogen-bond donors (Lipinski definition) is 2. The Morgan fingerprint density at radius 1 is 1.16 bits per heavy atom. The van der Waals surface area contributed by atoms with Crippen LogP contribution in [0.3, 0.4) is 0 Å². The third kappa shape index (κ3) is 8.71. The molecule has 1 atom stereocenters. The lowest BCUT2D eigenvalue weighted by atomic mass is 9.85. The fourth-order valence-corrected chi connectivity index (χ4v) is 4.52. The molecular weight excluding hydrogens is 517 g/mol. The Hall–Kier alpha value is -1.65. The molecule has 0 spiro atoms. The number of anilines is 1. The van der Waals surface area contributed by atoms with Gasteiger partial charge in [-0.1, -0.05) is 32.1 Å². The van der Waals surface area contributed by atoms with Crippen LogP contribution in [0.25, 0.3) is 0 Å². The maximum atomic E-state index is 12.6. The second kappa shape index (κ2) is 14.5. The molecule has 1 aliphatic heterocycles. The summed E-state index contributed by atoms with van der Waals surface area (Å²) in [5.74, 6) is 2.61. The van der Waals surface area contributed by atoms with E-state index in [4.69, 9.17) is 0 Å². The number of amides is 1. The van der Waals surface area contributed by atoms with E-state index >= 15 is 0 Å². The van der Waals surface area contributed by atoms with Crippen molar-refractivity contribution in [2.45, 2.75) is 64.3 Å². The van der Waals surface area contributed by atoms with E-state index in [9.17, 15) is 4.79 Å². The van der Waals surface area contributed by atoms with Gasteiger partial charge < -0.3 is 20.4 Å². The van der Waals surface area contributed by atoms with Gasteiger partial charge in [-0.2, -0.15) is 0 Å². The van der Waals surface area contributed by atoms with E-state index in [0.717, 1.165) is 30.9 Å². The first-order valence-electron chi connectivity index (χ1n) is 11.9. The summed E-state index contributed by atoms with van der Waals surface area (Å²) in [5.41, 5.74) is 0. The molecule has 1 amide bonds. The van der Waals surface area contributed by atoms with Gasteiger partial charge in [-0.25, -0.2) is 9.97 Å². The minimum Gasteiger partial charge on any atom is -0.356 e. The minimum absolute atomic E-state index is 0. The molecule has 8 nitrogen and oxygen atoms in total. The van der Waals surface area contributed by atoms with E-state index in [2.05, 4.69) is 37.4 Å². The quantitative estimate of drug-likeness (QED) is 0.291. The summed E-state index contributed by atoms with van der Waals surface area (Å²) < 4.78 is 0. The van der Waals surface area contributed by atoms with Gasteiger partial charge in [0, 0.05) is 64.6 Å². The third-order valence-corrected chi connectivity index (χ3v) is 6.44. The normalized spacial score (nSPS) is 18.6. The van der Waals surface area contributed by atoms with E-state index in [1.807, 2.05) is 11.0 Å². The van der Waals surface area contributed by atoms with Crippen molar-refractivity contribution in [2.24, 2.45) is 10.9 Å². The number of aromatic nitrogens is 2. The van der Waals surface area contributed by atoms with Crippen molar-refractivity contribution in [3.05, 3.63) is 18.5 Å². The zero-order valence-corrected chi connectivity index (χ0v) is 22.0. The second-order valence-electron chi connectivity index (χ2n) is 8.79. The maximum absolute atomic E-state index is 12.6. The molecule has 3 rings (SSSR count). The van der Waals surface area contributed by atoms with Crippen LogP contribution in [0.1, 0.15) is 58.3 Å². The lowest BCUT2D eigenvalue weighted by Gasteiger charge is -2.34. The zero-order chi connectivity index (χ0) is 21.9. The number of carbonyl (C=O) groups is 1. The lowest BCUT2D eigenvalue weighted by molar-refractivity contribution is -0.131. The number of nitrogens with one attached hydrogen (secondary N) is 2. The second-order valence-corrected chi connectivity index (χ2v) is 8.79. The predicted molar refractivity (Wildman–Crippen MR) is 141 cm³/mol. The van der Waals surface area contributed by atoms with Crippen LogP contribution >= 0.6 is 24.0 Å². The Kier molecular flexibility index (Phi) is 12.0. The van der Waals surface area contributed by atoms with Crippen LogP contribution in [0.2, 0.25) is 0 Å². The van der Waals surface area contributed by atoms with E-state index in [1.165, 1.54) is 44.9 Å². The summed E-state index contributed by atoms with van der Waals surface area (Å²) in [6.07, 6.45) is 13.5. The van der Waals surface area contributed by atoms with Gasteiger partial charge in [0.15, 0.2) is 5.96 Å². The van der Waals surface area contributed by atoms with Crippen LogP contribution in [0.15, 0.2) is 23.5 Å². The van der Waals surface area contributed by atoms with E-state index in [-0.39, 0.29) is 29.9 Å². The van der Waals surface area contributed by atoms with Crippen molar-refractivity contribution >= 4 is 41.8 Å². The molecule has 1 aliphatic carbocycles. The molecular formula is C23H40IN7O. The summed E-state index contributed by atoms with van der Waals surface area (Å²) >= 11 is 0. The topological polar surface area (TPSA) is 85.8 Å². The van der Waals surface area contributed by atoms with Gasteiger partial charge in [-0.05, 0) is 31.7 Å². The summed E-state index contributed by atoms with van der Waals surface area (Å²) in [7, 11) is 1.79. The number of nitrogens with zero attached hydrogens (tertiary/aromatic N) is 5. The first kappa shape index (κ1) is 26.6. The van der Waals surface area contributed by atoms with Crippen molar-refractivity contribution in [2.75, 3.05) is 44.7 Å². The van der Waals surface area contributed by atoms with Gasteiger partial charge in [0.05, 0.1) is 0 Å². The van der Waals surface area contributed by atoms with Crippen molar-refractivity contribution in [3.63, 3.8) is 0 Å². The van der Waals surface area contributed by atoms with E-state index in [1.54, 1.807) is 19.4 Å². The van der Waals surface area contributed by atoms with E-state index < -0.39 is 0 Å². The number of halogens is 1. The fourth-order valence-electron chi connectivity index (χ4n) is 4.52. The summed E-state index contributed by atoms with van der Waals surface area (Å²) in [4.78, 5) is 29.6. The Bertz CT molecular complexity index is 689. The van der Waals surface area contributed by atoms with Crippen LogP contribution in [0, 0.1) is 5.92 Å². The molecule has 0 radical (unpaired) electrons. The molecule has 9 heteroatoms. The molecule has 0 bridgehead atoms. The number of aliphatic imine (C=N–C) groups is 1. The highest BCUT2D eigenvalue weighted by Crippen LogP contribution is 2.27. The molecule has 180 valence electrons. The molecule has 1 saturated carbocycles. The van der Waals surface area contributed by atoms with Crippen LogP contribution in [-0.2, 0) is 4.79 Å². The predicted octanol–water partition coefficient (Wildman–Crippen LogP) is 3.05. The molecule has 2 N–H and O–H groups in total. The van der Waals surface area contributed by atoms with Crippen LogP contribution in [0.5, 0.6) is 0 Å². The Labute approximate surface area is 210 Å². The Balaban J connectivity index is 0.00000363.